The van der Waals surface area contributed by atoms with Crippen molar-refractivity contribution >= 4 is 11.6 Å². The molecule has 0 aliphatic carbocycles. The summed E-state index contributed by atoms with van der Waals surface area (Å²) in [6, 6.07) is 8.34. The van der Waals surface area contributed by atoms with Crippen LogP contribution in [0.1, 0.15) is 24.3 Å². The Balaban J connectivity index is 1.63. The molecule has 6 heteroatoms. The van der Waals surface area contributed by atoms with Gasteiger partial charge in [0.2, 0.25) is 0 Å². The van der Waals surface area contributed by atoms with Gasteiger partial charge in [0.1, 0.15) is 0 Å². The summed E-state index contributed by atoms with van der Waals surface area (Å²) in [5.74, 6) is 0. The molecule has 0 saturated carbocycles. The molecule has 118 valence electrons. The number of aromatic nitrogens is 3. The number of rotatable bonds is 4. The van der Waals surface area contributed by atoms with Gasteiger partial charge >= 0.3 is 0 Å². The Hall–Kier alpha value is -1.43. The Bertz CT molecular complexity index is 630. The van der Waals surface area contributed by atoms with Crippen molar-refractivity contribution in [2.45, 2.75) is 25.5 Å². The van der Waals surface area contributed by atoms with Crippen molar-refractivity contribution in [3.63, 3.8) is 0 Å². The van der Waals surface area contributed by atoms with Gasteiger partial charge < -0.3 is 4.74 Å². The first-order valence-corrected chi connectivity index (χ1v) is 7.96. The molecule has 2 aromatic rings. The predicted molar refractivity (Wildman–Crippen MR) is 85.9 cm³/mol. The maximum absolute atomic E-state index is 6.09. The second-order valence-corrected chi connectivity index (χ2v) is 6.29. The topological polar surface area (TPSA) is 43.2 Å². The third kappa shape index (κ3) is 3.66. The molecule has 1 aliphatic rings. The van der Waals surface area contributed by atoms with E-state index in [1.54, 1.807) is 4.68 Å². The standard InChI is InChI=1S/C16H21ClN4O/c1-12-11-22-16(13-4-3-5-14(17)8-13)10-21(12)7-6-15-9-20(2)19-18-15/h3-5,8-9,12,16H,6-7,10-11H2,1-2H3. The molecular formula is C16H21ClN4O. The van der Waals surface area contributed by atoms with Crippen molar-refractivity contribution in [3.05, 3.63) is 46.7 Å². The average Bonchev–Trinajstić information content (AvgIpc) is 2.92. The number of hydrogen-bond acceptors (Lipinski definition) is 4. The zero-order valence-electron chi connectivity index (χ0n) is 12.9. The third-order valence-electron chi connectivity index (χ3n) is 4.09. The smallest absolute Gasteiger partial charge is 0.0953 e. The molecule has 2 atom stereocenters. The van der Waals surface area contributed by atoms with Gasteiger partial charge in [0, 0.05) is 43.8 Å². The molecule has 1 aliphatic heterocycles. The van der Waals surface area contributed by atoms with E-state index in [4.69, 9.17) is 16.3 Å². The van der Waals surface area contributed by atoms with Gasteiger partial charge in [-0.25, -0.2) is 0 Å². The van der Waals surface area contributed by atoms with E-state index in [2.05, 4.69) is 28.2 Å². The molecule has 0 spiro atoms. The molecule has 1 aromatic carbocycles. The SMILES string of the molecule is CC1COC(c2cccc(Cl)c2)CN1CCc1cn(C)nn1. The van der Waals surface area contributed by atoms with Crippen LogP contribution in [0.15, 0.2) is 30.5 Å². The highest BCUT2D eigenvalue weighted by molar-refractivity contribution is 6.30. The molecule has 0 N–H and O–H groups in total. The Morgan fingerprint density at radius 2 is 2.27 bits per heavy atom. The third-order valence-corrected chi connectivity index (χ3v) is 4.32. The van der Waals surface area contributed by atoms with Crippen LogP contribution in [0.4, 0.5) is 0 Å². The number of nitrogens with zero attached hydrogens (tertiary/aromatic N) is 4. The van der Waals surface area contributed by atoms with Gasteiger partial charge in [-0.2, -0.15) is 0 Å². The Morgan fingerprint density at radius 1 is 1.41 bits per heavy atom. The second kappa shape index (κ2) is 6.77. The van der Waals surface area contributed by atoms with Crippen LogP contribution >= 0.6 is 11.6 Å². The predicted octanol–water partition coefficient (Wildman–Crippen LogP) is 2.47. The lowest BCUT2D eigenvalue weighted by atomic mass is 10.1. The van der Waals surface area contributed by atoms with E-state index < -0.39 is 0 Å². The van der Waals surface area contributed by atoms with Crippen molar-refractivity contribution in [1.82, 2.24) is 19.9 Å². The van der Waals surface area contributed by atoms with Gasteiger partial charge in [0.25, 0.3) is 0 Å². The van der Waals surface area contributed by atoms with Crippen LogP contribution < -0.4 is 0 Å². The number of morpholine rings is 1. The largest absolute Gasteiger partial charge is 0.371 e. The quantitative estimate of drug-likeness (QED) is 0.868. The molecule has 0 amide bonds. The maximum Gasteiger partial charge on any atom is 0.0953 e. The van der Waals surface area contributed by atoms with Crippen LogP contribution in [0.5, 0.6) is 0 Å². The first kappa shape index (κ1) is 15.5. The van der Waals surface area contributed by atoms with E-state index in [1.807, 2.05) is 31.4 Å². The minimum Gasteiger partial charge on any atom is -0.371 e. The number of benzene rings is 1. The fraction of sp³-hybridized carbons (Fsp3) is 0.500. The van der Waals surface area contributed by atoms with Gasteiger partial charge in [0.15, 0.2) is 0 Å². The fourth-order valence-electron chi connectivity index (χ4n) is 2.79. The second-order valence-electron chi connectivity index (χ2n) is 5.85. The van der Waals surface area contributed by atoms with Crippen molar-refractivity contribution in [3.8, 4) is 0 Å². The van der Waals surface area contributed by atoms with Crippen molar-refractivity contribution in [2.24, 2.45) is 7.05 Å². The van der Waals surface area contributed by atoms with E-state index in [-0.39, 0.29) is 6.10 Å². The lowest BCUT2D eigenvalue weighted by molar-refractivity contribution is -0.0595. The van der Waals surface area contributed by atoms with Crippen LogP contribution in [0.2, 0.25) is 5.02 Å². The summed E-state index contributed by atoms with van der Waals surface area (Å²) in [6.45, 7) is 4.77. The van der Waals surface area contributed by atoms with Crippen LogP contribution in [0, 0.1) is 0 Å². The summed E-state index contributed by atoms with van der Waals surface area (Å²) in [5, 5.41) is 8.89. The van der Waals surface area contributed by atoms with Crippen LogP contribution in [0.25, 0.3) is 0 Å². The molecule has 3 rings (SSSR count). The Morgan fingerprint density at radius 3 is 3.00 bits per heavy atom. The minimum absolute atomic E-state index is 0.0803. The van der Waals surface area contributed by atoms with E-state index in [9.17, 15) is 0 Å². The van der Waals surface area contributed by atoms with Gasteiger partial charge in [-0.05, 0) is 24.6 Å². The molecule has 1 fully saturated rings. The molecule has 0 bridgehead atoms. The van der Waals surface area contributed by atoms with Gasteiger partial charge in [-0.1, -0.05) is 28.9 Å². The van der Waals surface area contributed by atoms with Gasteiger partial charge in [-0.15, -0.1) is 5.10 Å². The molecular weight excluding hydrogens is 300 g/mol. The summed E-state index contributed by atoms with van der Waals surface area (Å²) < 4.78 is 7.73. The first-order chi connectivity index (χ1) is 10.6. The maximum atomic E-state index is 6.09. The number of halogens is 1. The summed E-state index contributed by atoms with van der Waals surface area (Å²) >= 11 is 6.09. The summed E-state index contributed by atoms with van der Waals surface area (Å²) in [4.78, 5) is 2.45. The Kier molecular flexibility index (Phi) is 4.76. The van der Waals surface area contributed by atoms with E-state index in [1.165, 1.54) is 0 Å². The van der Waals surface area contributed by atoms with E-state index in [0.29, 0.717) is 6.04 Å². The fourth-order valence-corrected chi connectivity index (χ4v) is 2.99. The molecule has 2 heterocycles. The highest BCUT2D eigenvalue weighted by Gasteiger charge is 2.27. The Labute approximate surface area is 135 Å². The summed E-state index contributed by atoms with van der Waals surface area (Å²) in [5.41, 5.74) is 2.17. The van der Waals surface area contributed by atoms with Crippen molar-refractivity contribution in [1.29, 1.82) is 0 Å². The lowest BCUT2D eigenvalue weighted by Crippen LogP contribution is -2.45. The van der Waals surface area contributed by atoms with E-state index in [0.717, 1.165) is 42.4 Å². The highest BCUT2D eigenvalue weighted by atomic mass is 35.5. The molecule has 5 nitrogen and oxygen atoms in total. The highest BCUT2D eigenvalue weighted by Crippen LogP contribution is 2.26. The normalized spacial score (nSPS) is 22.9. The van der Waals surface area contributed by atoms with Crippen LogP contribution in [-0.2, 0) is 18.2 Å². The number of hydrogen-bond donors (Lipinski definition) is 0. The lowest BCUT2D eigenvalue weighted by Gasteiger charge is -2.38. The van der Waals surface area contributed by atoms with Crippen molar-refractivity contribution in [2.75, 3.05) is 19.7 Å². The van der Waals surface area contributed by atoms with Gasteiger partial charge in [-0.3, -0.25) is 9.58 Å². The van der Waals surface area contributed by atoms with E-state index >= 15 is 0 Å². The molecule has 2 unspecified atom stereocenters. The van der Waals surface area contributed by atoms with Crippen molar-refractivity contribution < 1.29 is 4.74 Å². The summed E-state index contributed by atoms with van der Waals surface area (Å²) in [6.07, 6.45) is 2.96. The molecule has 22 heavy (non-hydrogen) atoms. The number of aryl methyl sites for hydroxylation is 1. The summed E-state index contributed by atoms with van der Waals surface area (Å²) in [7, 11) is 1.89. The van der Waals surface area contributed by atoms with Gasteiger partial charge in [0.05, 0.1) is 18.4 Å². The molecule has 1 saturated heterocycles. The van der Waals surface area contributed by atoms with Crippen LogP contribution in [-0.4, -0.2) is 45.6 Å². The zero-order valence-corrected chi connectivity index (χ0v) is 13.7. The molecule has 1 aromatic heterocycles. The zero-order chi connectivity index (χ0) is 15.5. The molecule has 0 radical (unpaired) electrons. The first-order valence-electron chi connectivity index (χ1n) is 7.58. The number of ether oxygens (including phenoxy) is 1. The monoisotopic (exact) mass is 320 g/mol. The van der Waals surface area contributed by atoms with Crippen LogP contribution in [0.3, 0.4) is 0 Å². The minimum atomic E-state index is 0.0803. The average molecular weight is 321 g/mol.